The molecule has 3 aliphatic rings. The van der Waals surface area contributed by atoms with Gasteiger partial charge in [0.1, 0.15) is 5.60 Å². The molecule has 1 aromatic carbocycles. The van der Waals surface area contributed by atoms with Gasteiger partial charge in [-0.25, -0.2) is 0 Å². The van der Waals surface area contributed by atoms with Crippen molar-refractivity contribution in [2.75, 3.05) is 19.6 Å². The third-order valence-electron chi connectivity index (χ3n) is 4.64. The molecule has 1 atom stereocenters. The van der Waals surface area contributed by atoms with E-state index in [1.54, 1.807) is 0 Å². The molecule has 1 aromatic heterocycles. The van der Waals surface area contributed by atoms with Crippen LogP contribution in [0.15, 0.2) is 35.1 Å². The van der Waals surface area contributed by atoms with E-state index in [2.05, 4.69) is 26.9 Å². The van der Waals surface area contributed by atoms with Crippen molar-refractivity contribution in [3.8, 4) is 23.3 Å². The zero-order valence-electron chi connectivity index (χ0n) is 12.2. The molecule has 112 valence electrons. The smallest absolute Gasteiger partial charge is 0.247 e. The van der Waals surface area contributed by atoms with Gasteiger partial charge in [-0.2, -0.15) is 0 Å². The van der Waals surface area contributed by atoms with Crippen LogP contribution in [-0.4, -0.2) is 45.4 Å². The fourth-order valence-corrected chi connectivity index (χ4v) is 3.36. The van der Waals surface area contributed by atoms with Crippen molar-refractivity contribution in [3.05, 3.63) is 36.2 Å². The van der Waals surface area contributed by atoms with Crippen molar-refractivity contribution < 1.29 is 9.52 Å². The van der Waals surface area contributed by atoms with Crippen LogP contribution in [-0.2, 0) is 0 Å². The maximum absolute atomic E-state index is 10.8. The minimum atomic E-state index is -0.859. The standard InChI is InChI=1S/C17H17N3O2/c21-17(11-20-9-6-15(17)7-10-20)8-5-13-1-3-14(4-2-13)16-19-18-12-22-16/h1-4,12,15,21H,6-7,9-11H2. The van der Waals surface area contributed by atoms with Gasteiger partial charge in [0.25, 0.3) is 0 Å². The molecule has 3 fully saturated rings. The summed E-state index contributed by atoms with van der Waals surface area (Å²) in [7, 11) is 0. The normalized spacial score (nSPS) is 29.9. The fourth-order valence-electron chi connectivity index (χ4n) is 3.36. The van der Waals surface area contributed by atoms with Gasteiger partial charge in [0.2, 0.25) is 12.3 Å². The minimum absolute atomic E-state index is 0.308. The quantitative estimate of drug-likeness (QED) is 0.809. The van der Waals surface area contributed by atoms with Crippen molar-refractivity contribution in [2.24, 2.45) is 5.92 Å². The van der Waals surface area contributed by atoms with Gasteiger partial charge in [-0.3, -0.25) is 4.90 Å². The largest absolute Gasteiger partial charge is 0.423 e. The van der Waals surface area contributed by atoms with E-state index >= 15 is 0 Å². The fraction of sp³-hybridized carbons (Fsp3) is 0.412. The molecule has 1 N–H and O–H groups in total. The van der Waals surface area contributed by atoms with Gasteiger partial charge in [-0.15, -0.1) is 10.2 Å². The van der Waals surface area contributed by atoms with Crippen molar-refractivity contribution in [1.29, 1.82) is 0 Å². The highest BCUT2D eigenvalue weighted by molar-refractivity contribution is 5.54. The molecule has 0 saturated carbocycles. The molecular formula is C17H17N3O2. The predicted octanol–water partition coefficient (Wildman–Crippen LogP) is 1.54. The number of benzene rings is 1. The van der Waals surface area contributed by atoms with Gasteiger partial charge < -0.3 is 9.52 Å². The van der Waals surface area contributed by atoms with E-state index < -0.39 is 5.60 Å². The molecule has 4 heterocycles. The van der Waals surface area contributed by atoms with Crippen LogP contribution in [0.1, 0.15) is 18.4 Å². The summed E-state index contributed by atoms with van der Waals surface area (Å²) in [6.45, 7) is 2.85. The van der Waals surface area contributed by atoms with E-state index in [0.717, 1.165) is 37.1 Å². The molecule has 5 heteroatoms. The Bertz CT molecular complexity index is 707. The van der Waals surface area contributed by atoms with E-state index in [0.29, 0.717) is 18.4 Å². The summed E-state index contributed by atoms with van der Waals surface area (Å²) in [4.78, 5) is 2.30. The summed E-state index contributed by atoms with van der Waals surface area (Å²) in [5.41, 5.74) is 0.888. The lowest BCUT2D eigenvalue weighted by Crippen LogP contribution is -2.58. The summed E-state index contributed by atoms with van der Waals surface area (Å²) in [6.07, 6.45) is 3.40. The first-order valence-electron chi connectivity index (χ1n) is 7.57. The molecule has 2 aromatic rings. The van der Waals surface area contributed by atoms with Gasteiger partial charge >= 0.3 is 0 Å². The number of rotatable bonds is 1. The molecule has 0 radical (unpaired) electrons. The number of aliphatic hydroxyl groups is 1. The van der Waals surface area contributed by atoms with E-state index in [9.17, 15) is 5.11 Å². The molecule has 2 bridgehead atoms. The van der Waals surface area contributed by atoms with Crippen LogP contribution in [0.5, 0.6) is 0 Å². The second kappa shape index (κ2) is 5.24. The van der Waals surface area contributed by atoms with Crippen LogP contribution in [0, 0.1) is 17.8 Å². The molecule has 3 aliphatic heterocycles. The average molecular weight is 295 g/mol. The zero-order valence-corrected chi connectivity index (χ0v) is 12.2. The Labute approximate surface area is 129 Å². The van der Waals surface area contributed by atoms with E-state index in [-0.39, 0.29) is 0 Å². The third-order valence-corrected chi connectivity index (χ3v) is 4.64. The first kappa shape index (κ1) is 13.5. The van der Waals surface area contributed by atoms with Gasteiger partial charge in [-0.05, 0) is 50.2 Å². The summed E-state index contributed by atoms with van der Waals surface area (Å²) >= 11 is 0. The van der Waals surface area contributed by atoms with Crippen LogP contribution >= 0.6 is 0 Å². The lowest BCUT2D eigenvalue weighted by atomic mass is 9.76. The number of fused-ring (bicyclic) bond motifs is 3. The van der Waals surface area contributed by atoms with E-state index in [1.165, 1.54) is 6.39 Å². The lowest BCUT2D eigenvalue weighted by molar-refractivity contribution is -0.0713. The molecule has 0 spiro atoms. The van der Waals surface area contributed by atoms with E-state index in [1.807, 2.05) is 24.3 Å². The molecular weight excluding hydrogens is 278 g/mol. The highest BCUT2D eigenvalue weighted by Crippen LogP contribution is 2.35. The van der Waals surface area contributed by atoms with Crippen LogP contribution in [0.2, 0.25) is 0 Å². The number of piperidine rings is 3. The van der Waals surface area contributed by atoms with Crippen molar-refractivity contribution in [1.82, 2.24) is 15.1 Å². The van der Waals surface area contributed by atoms with Crippen molar-refractivity contribution in [2.45, 2.75) is 18.4 Å². The molecule has 22 heavy (non-hydrogen) atoms. The summed E-state index contributed by atoms with van der Waals surface area (Å²) in [5, 5.41) is 18.3. The number of aromatic nitrogens is 2. The van der Waals surface area contributed by atoms with Gasteiger partial charge in [-0.1, -0.05) is 11.8 Å². The van der Waals surface area contributed by atoms with E-state index in [4.69, 9.17) is 4.42 Å². The lowest BCUT2D eigenvalue weighted by Gasteiger charge is -2.47. The number of hydrogen-bond acceptors (Lipinski definition) is 5. The third kappa shape index (κ3) is 2.41. The van der Waals surface area contributed by atoms with Gasteiger partial charge in [0.15, 0.2) is 0 Å². The second-order valence-electron chi connectivity index (χ2n) is 6.05. The van der Waals surface area contributed by atoms with Gasteiger partial charge in [0.05, 0.1) is 0 Å². The number of hydrogen-bond donors (Lipinski definition) is 1. The predicted molar refractivity (Wildman–Crippen MR) is 80.7 cm³/mol. The van der Waals surface area contributed by atoms with Crippen molar-refractivity contribution in [3.63, 3.8) is 0 Å². The Morgan fingerprint density at radius 1 is 1.23 bits per heavy atom. The zero-order chi connectivity index (χ0) is 15.0. The molecule has 1 unspecified atom stereocenters. The summed E-state index contributed by atoms with van der Waals surface area (Å²) < 4.78 is 5.16. The van der Waals surface area contributed by atoms with Gasteiger partial charge in [0, 0.05) is 23.6 Å². The highest BCUT2D eigenvalue weighted by atomic mass is 16.4. The first-order valence-corrected chi connectivity index (χ1v) is 7.57. The Morgan fingerprint density at radius 2 is 2.00 bits per heavy atom. The Balaban J connectivity index is 1.54. The maximum atomic E-state index is 10.8. The SMILES string of the molecule is OC1(C#Cc2ccc(-c3nnco3)cc2)CN2CCC1CC2. The number of nitrogens with zero attached hydrogens (tertiary/aromatic N) is 3. The van der Waals surface area contributed by atoms with Crippen LogP contribution < -0.4 is 0 Å². The monoisotopic (exact) mass is 295 g/mol. The highest BCUT2D eigenvalue weighted by Gasteiger charge is 2.44. The summed E-state index contributed by atoms with van der Waals surface area (Å²) in [6, 6.07) is 7.63. The van der Waals surface area contributed by atoms with Crippen LogP contribution in [0.3, 0.4) is 0 Å². The Morgan fingerprint density at radius 3 is 2.59 bits per heavy atom. The second-order valence-corrected chi connectivity index (χ2v) is 6.05. The first-order chi connectivity index (χ1) is 10.7. The molecule has 3 saturated heterocycles. The molecule has 5 nitrogen and oxygen atoms in total. The van der Waals surface area contributed by atoms with Crippen molar-refractivity contribution >= 4 is 0 Å². The Hall–Kier alpha value is -2.16. The summed E-state index contributed by atoms with van der Waals surface area (Å²) in [5.74, 6) is 7.04. The minimum Gasteiger partial charge on any atom is -0.423 e. The van der Waals surface area contributed by atoms with Crippen LogP contribution in [0.4, 0.5) is 0 Å². The van der Waals surface area contributed by atoms with Crippen LogP contribution in [0.25, 0.3) is 11.5 Å². The topological polar surface area (TPSA) is 62.4 Å². The maximum Gasteiger partial charge on any atom is 0.247 e. The molecule has 5 rings (SSSR count). The molecule has 0 aliphatic carbocycles. The molecule has 0 amide bonds. The average Bonchev–Trinajstić information content (AvgIpc) is 3.09. The Kier molecular flexibility index (Phi) is 3.21.